The van der Waals surface area contributed by atoms with Gasteiger partial charge in [-0.1, -0.05) is 13.8 Å². The first-order valence-corrected chi connectivity index (χ1v) is 16.5. The molecule has 0 bridgehead atoms. The van der Waals surface area contributed by atoms with Crippen molar-refractivity contribution < 1.29 is 68.1 Å². The summed E-state index contributed by atoms with van der Waals surface area (Å²) in [6.45, 7) is 11.2. The van der Waals surface area contributed by atoms with Crippen molar-refractivity contribution in [3.63, 3.8) is 0 Å². The number of carbonyl (C=O) groups excluding carboxylic acids is 5. The Balaban J connectivity index is 1.51. The molecule has 4 N–H and O–H groups in total. The summed E-state index contributed by atoms with van der Waals surface area (Å²) in [5, 5.41) is 48.7. The highest BCUT2D eigenvalue weighted by atomic mass is 16.6. The van der Waals surface area contributed by atoms with Gasteiger partial charge in [0, 0.05) is 67.1 Å². The van der Waals surface area contributed by atoms with Crippen molar-refractivity contribution in [3.8, 4) is 0 Å². The lowest BCUT2D eigenvalue weighted by Gasteiger charge is -2.65. The van der Waals surface area contributed by atoms with Crippen LogP contribution in [-0.4, -0.2) is 104 Å². The highest BCUT2D eigenvalue weighted by molar-refractivity contribution is 5.88. The Morgan fingerprint density at radius 2 is 1.42 bits per heavy atom. The van der Waals surface area contributed by atoms with Crippen molar-refractivity contribution >= 4 is 29.7 Å². The number of fused-ring (bicyclic) bond motifs is 10. The molecule has 2 heterocycles. The van der Waals surface area contributed by atoms with Gasteiger partial charge in [-0.05, 0) is 33.3 Å². The monoisotopic (exact) mass is 676 g/mol. The Labute approximate surface area is 277 Å². The van der Waals surface area contributed by atoms with Crippen LogP contribution in [0.25, 0.3) is 0 Å². The van der Waals surface area contributed by atoms with E-state index in [1.807, 2.05) is 0 Å². The van der Waals surface area contributed by atoms with Gasteiger partial charge in [-0.25, -0.2) is 4.79 Å². The molecule has 0 spiro atoms. The van der Waals surface area contributed by atoms with E-state index in [2.05, 4.69) is 0 Å². The number of Topliss-reactive ketones (excluding diaryl/α,β-unsaturated/α-hetero) is 1. The molecule has 7 aliphatic rings. The van der Waals surface area contributed by atoms with Gasteiger partial charge in [0.15, 0.2) is 11.4 Å². The summed E-state index contributed by atoms with van der Waals surface area (Å²) in [5.74, 6) is -10.4. The second kappa shape index (κ2) is 9.87. The molecule has 0 aromatic heterocycles. The van der Waals surface area contributed by atoms with Gasteiger partial charge in [0.25, 0.3) is 0 Å². The van der Waals surface area contributed by atoms with E-state index >= 15 is 0 Å². The highest BCUT2D eigenvalue weighted by Crippen LogP contribution is 2.76. The Bertz CT molecular complexity index is 1550. The number of carbonyl (C=O) groups is 5. The number of rotatable bonds is 3. The van der Waals surface area contributed by atoms with E-state index in [1.54, 1.807) is 20.8 Å². The molecule has 48 heavy (non-hydrogen) atoms. The van der Waals surface area contributed by atoms with Gasteiger partial charge in [0.1, 0.15) is 36.3 Å². The van der Waals surface area contributed by atoms with Gasteiger partial charge in [0.2, 0.25) is 0 Å². The van der Waals surface area contributed by atoms with E-state index in [0.717, 1.165) is 0 Å². The molecule has 6 fully saturated rings. The normalized spacial score (nSPS) is 55.8. The first-order chi connectivity index (χ1) is 22.1. The van der Waals surface area contributed by atoms with Crippen molar-refractivity contribution in [2.45, 2.75) is 116 Å². The van der Waals surface area contributed by atoms with Crippen LogP contribution in [-0.2, 0) is 47.7 Å². The third-order valence-electron chi connectivity index (χ3n) is 13.8. The molecule has 2 aliphatic heterocycles. The van der Waals surface area contributed by atoms with E-state index in [9.17, 15) is 44.4 Å². The summed E-state index contributed by atoms with van der Waals surface area (Å²) in [4.78, 5) is 65.9. The van der Waals surface area contributed by atoms with Crippen molar-refractivity contribution in [2.75, 3.05) is 0 Å². The third-order valence-corrected chi connectivity index (χ3v) is 13.8. The van der Waals surface area contributed by atoms with E-state index in [0.29, 0.717) is 0 Å². The molecule has 0 amide bonds. The second-order valence-corrected chi connectivity index (χ2v) is 16.2. The summed E-state index contributed by atoms with van der Waals surface area (Å²) in [7, 11) is 0. The zero-order valence-corrected chi connectivity index (χ0v) is 28.2. The Kier molecular flexibility index (Phi) is 6.90. The third kappa shape index (κ3) is 3.83. The molecule has 14 heteroatoms. The van der Waals surface area contributed by atoms with Crippen LogP contribution < -0.4 is 0 Å². The lowest BCUT2D eigenvalue weighted by Crippen LogP contribution is -2.75. The fourth-order valence-electron chi connectivity index (χ4n) is 12.0. The maximum atomic E-state index is 14.4. The first-order valence-electron chi connectivity index (χ1n) is 16.5. The predicted octanol–water partition coefficient (Wildman–Crippen LogP) is -0.0433. The van der Waals surface area contributed by atoms with Crippen LogP contribution in [0.15, 0.2) is 11.8 Å². The van der Waals surface area contributed by atoms with Crippen LogP contribution in [0.1, 0.15) is 61.8 Å². The molecule has 264 valence electrons. The van der Waals surface area contributed by atoms with Crippen LogP contribution in [0.3, 0.4) is 0 Å². The molecule has 0 aromatic carbocycles. The van der Waals surface area contributed by atoms with E-state index in [4.69, 9.17) is 23.7 Å². The molecule has 14 nitrogen and oxygen atoms in total. The van der Waals surface area contributed by atoms with Crippen molar-refractivity contribution in [1.82, 2.24) is 0 Å². The van der Waals surface area contributed by atoms with Gasteiger partial charge in [-0.15, -0.1) is 0 Å². The Hall–Kier alpha value is -2.91. The fourth-order valence-corrected chi connectivity index (χ4v) is 12.0. The summed E-state index contributed by atoms with van der Waals surface area (Å²) < 4.78 is 29.4. The number of hydrogen-bond donors (Lipinski definition) is 4. The molecule has 4 saturated carbocycles. The van der Waals surface area contributed by atoms with Crippen molar-refractivity contribution in [1.29, 1.82) is 0 Å². The quantitative estimate of drug-likeness (QED) is 0.175. The van der Waals surface area contributed by atoms with Crippen LogP contribution >= 0.6 is 0 Å². The molecule has 5 aliphatic carbocycles. The Morgan fingerprint density at radius 3 is 2.00 bits per heavy atom. The maximum Gasteiger partial charge on any atom is 0.343 e. The van der Waals surface area contributed by atoms with E-state index < -0.39 is 135 Å². The number of aliphatic hydroxyl groups excluding tert-OH is 2. The van der Waals surface area contributed by atoms with Gasteiger partial charge in [-0.3, -0.25) is 19.2 Å². The lowest BCUT2D eigenvalue weighted by atomic mass is 9.41. The van der Waals surface area contributed by atoms with E-state index in [-0.39, 0.29) is 12.2 Å². The molecular formula is C34H44O14. The highest BCUT2D eigenvalue weighted by Gasteiger charge is 2.84. The van der Waals surface area contributed by atoms with E-state index in [1.165, 1.54) is 40.7 Å². The SMILES string of the molecule is CC(=O)O[C@H]1[C@H]2[C@H]([C@@H]3[C@@H](O)[C@@H]4[C@@H]([C@@]3(C)[C@H]1OC(C)=O)[C@](C)(O)C=C1OC(=O)[C@@](C)(O)[C@@]14C)[C@@H](O)C(=O)[C@H]1C[C@@H]3O[C@@H]3[C@H](OC(C)=O)[C@]21C. The Morgan fingerprint density at radius 1 is 0.833 bits per heavy atom. The topological polar surface area (TPSA) is 216 Å². The van der Waals surface area contributed by atoms with Crippen molar-refractivity contribution in [2.24, 2.45) is 51.8 Å². The van der Waals surface area contributed by atoms with Crippen molar-refractivity contribution in [3.05, 3.63) is 11.8 Å². The first kappa shape index (κ1) is 33.6. The number of ketones is 1. The summed E-state index contributed by atoms with van der Waals surface area (Å²) in [6, 6.07) is 0. The number of epoxide rings is 1. The largest absolute Gasteiger partial charge is 0.459 e. The zero-order valence-electron chi connectivity index (χ0n) is 28.2. The minimum absolute atomic E-state index is 0.0476. The number of esters is 4. The summed E-state index contributed by atoms with van der Waals surface area (Å²) in [6.07, 6.45) is -6.56. The van der Waals surface area contributed by atoms with Crippen LogP contribution in [0, 0.1) is 51.8 Å². The standard InChI is InChI=1S/C34H44O14/c1-11(35)44-25-19-17(22(39)21(38)14-9-15-24(47-15)27(31(14,19)5)45-12(2)36)18-23(40)20-26(32(18,6)28(25)46-13(3)37)30(4,42)10-16-33(20,7)34(8,43)29(41)48-16/h10,14-15,17-20,22-28,39-40,42-43H,9H2,1-8H3/t14-,15+,17+,18-,19-,20-,22-,23-,24+,25+,26-,27+,28+,30-,31+,32+,33+,34-/m1/s1. The minimum Gasteiger partial charge on any atom is -0.459 e. The molecule has 2 saturated heterocycles. The summed E-state index contributed by atoms with van der Waals surface area (Å²) >= 11 is 0. The zero-order chi connectivity index (χ0) is 35.4. The molecule has 0 aromatic rings. The molecule has 18 atom stereocenters. The second-order valence-electron chi connectivity index (χ2n) is 16.2. The number of ether oxygens (including phenoxy) is 5. The van der Waals surface area contributed by atoms with Gasteiger partial charge in [-0.2, -0.15) is 0 Å². The van der Waals surface area contributed by atoms with Gasteiger partial charge < -0.3 is 44.1 Å². The average molecular weight is 677 g/mol. The average Bonchev–Trinajstić information content (AvgIpc) is 3.65. The van der Waals surface area contributed by atoms with Gasteiger partial charge >= 0.3 is 23.9 Å². The predicted molar refractivity (Wildman–Crippen MR) is 158 cm³/mol. The number of aliphatic hydroxyl groups is 4. The lowest BCUT2D eigenvalue weighted by molar-refractivity contribution is -0.276. The fraction of sp³-hybridized carbons (Fsp3) is 0.794. The van der Waals surface area contributed by atoms with Crippen LogP contribution in [0.2, 0.25) is 0 Å². The number of hydrogen-bond acceptors (Lipinski definition) is 14. The van der Waals surface area contributed by atoms with Gasteiger partial charge in [0.05, 0.1) is 23.2 Å². The molecule has 7 rings (SSSR count). The van der Waals surface area contributed by atoms with Crippen LogP contribution in [0.5, 0.6) is 0 Å². The maximum absolute atomic E-state index is 14.4. The van der Waals surface area contributed by atoms with Crippen LogP contribution in [0.4, 0.5) is 0 Å². The molecular weight excluding hydrogens is 632 g/mol. The molecule has 0 unspecified atom stereocenters. The summed E-state index contributed by atoms with van der Waals surface area (Å²) in [5.41, 5.74) is -8.62. The molecule has 0 radical (unpaired) electrons. The smallest absolute Gasteiger partial charge is 0.343 e. The minimum atomic E-state index is -2.19.